The number of benzene rings is 1. The molecule has 0 atom stereocenters. The Morgan fingerprint density at radius 1 is 1.32 bits per heavy atom. The van der Waals surface area contributed by atoms with E-state index in [1.807, 2.05) is 25.3 Å². The highest BCUT2D eigenvalue weighted by molar-refractivity contribution is 7.89. The normalized spacial score (nSPS) is 11.5. The molecule has 0 radical (unpaired) electrons. The first kappa shape index (κ1) is 14.0. The fourth-order valence-corrected chi connectivity index (χ4v) is 3.06. The summed E-state index contributed by atoms with van der Waals surface area (Å²) in [5.41, 5.74) is 3.90. The molecule has 0 fully saturated rings. The van der Waals surface area contributed by atoms with Crippen LogP contribution in [0.5, 0.6) is 0 Å². The molecule has 0 aliphatic rings. The lowest BCUT2D eigenvalue weighted by molar-refractivity contribution is 0.597. The van der Waals surface area contributed by atoms with E-state index in [-0.39, 0.29) is 4.90 Å². The number of primary sulfonamides is 1. The average molecular weight is 296 g/mol. The first-order valence-corrected chi connectivity index (χ1v) is 8.26. The minimum absolute atomic E-state index is 0.142. The van der Waals surface area contributed by atoms with Gasteiger partial charge in [0.15, 0.2) is 0 Å². The predicted molar refractivity (Wildman–Crippen MR) is 78.9 cm³/mol. The number of thiophene rings is 1. The van der Waals surface area contributed by atoms with E-state index in [1.165, 1.54) is 5.56 Å². The Hall–Kier alpha value is -1.37. The summed E-state index contributed by atoms with van der Waals surface area (Å²) in [6, 6.07) is 5.22. The number of nitrogens with two attached hydrogens (primary N) is 1. The Morgan fingerprint density at radius 3 is 2.63 bits per heavy atom. The highest BCUT2D eigenvalue weighted by Crippen LogP contribution is 2.24. The Balaban J connectivity index is 2.31. The van der Waals surface area contributed by atoms with E-state index in [0.29, 0.717) is 6.54 Å². The standard InChI is InChI=1S/C13H16N2O2S2/c1-9-5-12(19(14,16)17)6-13(10(9)2)15-7-11-3-4-18-8-11/h3-6,8,15H,7H2,1-2H3,(H2,14,16,17). The summed E-state index contributed by atoms with van der Waals surface area (Å²) in [6.07, 6.45) is 0. The summed E-state index contributed by atoms with van der Waals surface area (Å²) in [7, 11) is -3.67. The summed E-state index contributed by atoms with van der Waals surface area (Å²) >= 11 is 1.63. The molecule has 0 aliphatic heterocycles. The molecule has 102 valence electrons. The van der Waals surface area contributed by atoms with E-state index in [0.717, 1.165) is 16.8 Å². The van der Waals surface area contributed by atoms with Crippen molar-refractivity contribution < 1.29 is 8.42 Å². The lowest BCUT2D eigenvalue weighted by Gasteiger charge is -2.13. The predicted octanol–water partition coefficient (Wildman–Crippen LogP) is 2.62. The van der Waals surface area contributed by atoms with Crippen molar-refractivity contribution in [2.45, 2.75) is 25.3 Å². The minimum atomic E-state index is -3.67. The van der Waals surface area contributed by atoms with Crippen LogP contribution >= 0.6 is 11.3 Å². The van der Waals surface area contributed by atoms with Crippen molar-refractivity contribution in [2.75, 3.05) is 5.32 Å². The van der Waals surface area contributed by atoms with Crippen LogP contribution in [0, 0.1) is 13.8 Å². The Labute approximate surface area is 117 Å². The van der Waals surface area contributed by atoms with Gasteiger partial charge in [0.05, 0.1) is 4.90 Å². The highest BCUT2D eigenvalue weighted by atomic mass is 32.2. The van der Waals surface area contributed by atoms with E-state index in [9.17, 15) is 8.42 Å². The topological polar surface area (TPSA) is 72.2 Å². The van der Waals surface area contributed by atoms with Crippen molar-refractivity contribution in [3.05, 3.63) is 45.6 Å². The van der Waals surface area contributed by atoms with Crippen LogP contribution in [0.2, 0.25) is 0 Å². The van der Waals surface area contributed by atoms with Crippen LogP contribution in [0.25, 0.3) is 0 Å². The van der Waals surface area contributed by atoms with Gasteiger partial charge in [-0.2, -0.15) is 11.3 Å². The number of anilines is 1. The third-order valence-electron chi connectivity index (χ3n) is 3.03. The fourth-order valence-electron chi connectivity index (χ4n) is 1.76. The number of sulfonamides is 1. The molecule has 0 spiro atoms. The number of hydrogen-bond acceptors (Lipinski definition) is 4. The number of nitrogens with one attached hydrogen (secondary N) is 1. The van der Waals surface area contributed by atoms with Gasteiger partial charge in [-0.05, 0) is 59.5 Å². The minimum Gasteiger partial charge on any atom is -0.381 e. The van der Waals surface area contributed by atoms with Crippen molar-refractivity contribution in [1.82, 2.24) is 0 Å². The van der Waals surface area contributed by atoms with Gasteiger partial charge in [0.2, 0.25) is 10.0 Å². The molecule has 19 heavy (non-hydrogen) atoms. The van der Waals surface area contributed by atoms with Crippen LogP contribution in [-0.2, 0) is 16.6 Å². The smallest absolute Gasteiger partial charge is 0.238 e. The van der Waals surface area contributed by atoms with Crippen molar-refractivity contribution >= 4 is 27.0 Å². The van der Waals surface area contributed by atoms with Gasteiger partial charge < -0.3 is 5.32 Å². The summed E-state index contributed by atoms with van der Waals surface area (Å²) in [5.74, 6) is 0. The molecule has 0 saturated carbocycles. The molecule has 0 saturated heterocycles. The van der Waals surface area contributed by atoms with Gasteiger partial charge in [-0.3, -0.25) is 0 Å². The molecule has 0 amide bonds. The second-order valence-corrected chi connectivity index (χ2v) is 6.78. The maximum Gasteiger partial charge on any atom is 0.238 e. The quantitative estimate of drug-likeness (QED) is 0.911. The van der Waals surface area contributed by atoms with Crippen LogP contribution < -0.4 is 10.5 Å². The van der Waals surface area contributed by atoms with Gasteiger partial charge in [0, 0.05) is 12.2 Å². The monoisotopic (exact) mass is 296 g/mol. The zero-order chi connectivity index (χ0) is 14.0. The number of rotatable bonds is 4. The van der Waals surface area contributed by atoms with Crippen LogP contribution in [-0.4, -0.2) is 8.42 Å². The van der Waals surface area contributed by atoms with Gasteiger partial charge in [0.1, 0.15) is 0 Å². The maximum absolute atomic E-state index is 11.4. The summed E-state index contributed by atoms with van der Waals surface area (Å²) in [5, 5.41) is 12.5. The fraction of sp³-hybridized carbons (Fsp3) is 0.231. The average Bonchev–Trinajstić information content (AvgIpc) is 2.82. The molecule has 2 rings (SSSR count). The van der Waals surface area contributed by atoms with Crippen LogP contribution in [0.1, 0.15) is 16.7 Å². The first-order chi connectivity index (χ1) is 8.88. The van der Waals surface area contributed by atoms with Crippen molar-refractivity contribution in [1.29, 1.82) is 0 Å². The summed E-state index contributed by atoms with van der Waals surface area (Å²) in [6.45, 7) is 4.50. The van der Waals surface area contributed by atoms with Gasteiger partial charge in [-0.15, -0.1) is 0 Å². The van der Waals surface area contributed by atoms with Crippen molar-refractivity contribution in [3.8, 4) is 0 Å². The van der Waals surface area contributed by atoms with Crippen molar-refractivity contribution in [3.63, 3.8) is 0 Å². The SMILES string of the molecule is Cc1cc(S(N)(=O)=O)cc(NCc2ccsc2)c1C. The lowest BCUT2D eigenvalue weighted by atomic mass is 10.1. The van der Waals surface area contributed by atoms with E-state index in [1.54, 1.807) is 23.5 Å². The van der Waals surface area contributed by atoms with Gasteiger partial charge >= 0.3 is 0 Å². The molecule has 4 nitrogen and oxygen atoms in total. The number of hydrogen-bond donors (Lipinski definition) is 2. The molecule has 2 aromatic rings. The van der Waals surface area contributed by atoms with E-state index in [4.69, 9.17) is 5.14 Å². The molecule has 1 aromatic heterocycles. The molecule has 1 heterocycles. The van der Waals surface area contributed by atoms with Gasteiger partial charge in [-0.1, -0.05) is 0 Å². The molecule has 0 bridgehead atoms. The van der Waals surface area contributed by atoms with Crippen molar-refractivity contribution in [2.24, 2.45) is 5.14 Å². The Morgan fingerprint density at radius 2 is 2.05 bits per heavy atom. The third-order valence-corrected chi connectivity index (χ3v) is 4.66. The van der Waals surface area contributed by atoms with Crippen LogP contribution in [0.3, 0.4) is 0 Å². The van der Waals surface area contributed by atoms with E-state index < -0.39 is 10.0 Å². The van der Waals surface area contributed by atoms with Gasteiger partial charge in [-0.25, -0.2) is 13.6 Å². The highest BCUT2D eigenvalue weighted by Gasteiger charge is 2.12. The molecular weight excluding hydrogens is 280 g/mol. The third kappa shape index (κ3) is 3.34. The second kappa shape index (κ2) is 5.32. The zero-order valence-corrected chi connectivity index (χ0v) is 12.4. The van der Waals surface area contributed by atoms with Crippen LogP contribution in [0.15, 0.2) is 33.9 Å². The van der Waals surface area contributed by atoms with E-state index >= 15 is 0 Å². The summed E-state index contributed by atoms with van der Waals surface area (Å²) < 4.78 is 22.9. The molecule has 0 aliphatic carbocycles. The lowest BCUT2D eigenvalue weighted by Crippen LogP contribution is -2.13. The largest absolute Gasteiger partial charge is 0.381 e. The van der Waals surface area contributed by atoms with Crippen LogP contribution in [0.4, 0.5) is 5.69 Å². The zero-order valence-electron chi connectivity index (χ0n) is 10.8. The summed E-state index contributed by atoms with van der Waals surface area (Å²) in [4.78, 5) is 0.142. The first-order valence-electron chi connectivity index (χ1n) is 5.77. The maximum atomic E-state index is 11.4. The molecule has 0 unspecified atom stereocenters. The molecule has 6 heteroatoms. The molecule has 1 aromatic carbocycles. The number of aryl methyl sites for hydroxylation is 1. The Kier molecular flexibility index (Phi) is 3.93. The van der Waals surface area contributed by atoms with Gasteiger partial charge in [0.25, 0.3) is 0 Å². The molecular formula is C13H16N2O2S2. The van der Waals surface area contributed by atoms with E-state index in [2.05, 4.69) is 10.7 Å². The Bertz CT molecular complexity index is 677. The second-order valence-electron chi connectivity index (χ2n) is 4.44. The molecule has 3 N–H and O–H groups in total.